The predicted molar refractivity (Wildman–Crippen MR) is 82.9 cm³/mol. The van der Waals surface area contributed by atoms with Gasteiger partial charge in [-0.05, 0) is 31.0 Å². The highest BCUT2D eigenvalue weighted by molar-refractivity contribution is 5.79. The van der Waals surface area contributed by atoms with Gasteiger partial charge in [-0.2, -0.15) is 5.10 Å². The van der Waals surface area contributed by atoms with Gasteiger partial charge in [0.2, 0.25) is 0 Å². The molecule has 0 saturated carbocycles. The standard InChI is InChI=1S/C15H23N5O/c1-3-16-15(18-11-14-6-4-9-21-14)17-10-13(2)12-20-8-5-7-19-20/h4-9,13H,3,10-12H2,1-2H3,(H2,16,17,18). The molecule has 0 aliphatic heterocycles. The first-order valence-electron chi connectivity index (χ1n) is 7.30. The average molecular weight is 289 g/mol. The molecule has 2 aromatic rings. The molecule has 21 heavy (non-hydrogen) atoms. The highest BCUT2D eigenvalue weighted by Gasteiger charge is 2.05. The van der Waals surface area contributed by atoms with Gasteiger partial charge in [0.15, 0.2) is 5.96 Å². The zero-order chi connectivity index (χ0) is 14.9. The van der Waals surface area contributed by atoms with Crippen LogP contribution in [0, 0.1) is 5.92 Å². The molecule has 114 valence electrons. The molecular formula is C15H23N5O. The van der Waals surface area contributed by atoms with Crippen molar-refractivity contribution in [2.75, 3.05) is 13.1 Å². The molecule has 0 aliphatic rings. The summed E-state index contributed by atoms with van der Waals surface area (Å²) in [5.41, 5.74) is 0. The van der Waals surface area contributed by atoms with Gasteiger partial charge >= 0.3 is 0 Å². The van der Waals surface area contributed by atoms with Crippen LogP contribution in [-0.2, 0) is 13.1 Å². The van der Waals surface area contributed by atoms with E-state index in [1.165, 1.54) is 0 Å². The number of guanidine groups is 1. The minimum atomic E-state index is 0.456. The van der Waals surface area contributed by atoms with Crippen molar-refractivity contribution >= 4 is 5.96 Å². The second-order valence-electron chi connectivity index (χ2n) is 4.99. The Hall–Kier alpha value is -2.24. The van der Waals surface area contributed by atoms with Crippen LogP contribution in [0.2, 0.25) is 0 Å². The number of nitrogens with zero attached hydrogens (tertiary/aromatic N) is 3. The summed E-state index contributed by atoms with van der Waals surface area (Å²) in [5.74, 6) is 2.12. The van der Waals surface area contributed by atoms with Crippen LogP contribution in [-0.4, -0.2) is 28.8 Å². The second-order valence-corrected chi connectivity index (χ2v) is 4.99. The first-order valence-corrected chi connectivity index (χ1v) is 7.30. The molecule has 2 rings (SSSR count). The summed E-state index contributed by atoms with van der Waals surface area (Å²) in [6.45, 7) is 7.33. The Morgan fingerprint density at radius 2 is 2.33 bits per heavy atom. The summed E-state index contributed by atoms with van der Waals surface area (Å²) in [4.78, 5) is 4.50. The van der Waals surface area contributed by atoms with Crippen molar-refractivity contribution in [1.29, 1.82) is 0 Å². The molecule has 2 aromatic heterocycles. The third kappa shape index (κ3) is 5.33. The Bertz CT molecular complexity index is 518. The zero-order valence-corrected chi connectivity index (χ0v) is 12.6. The number of furan rings is 1. The fourth-order valence-corrected chi connectivity index (χ4v) is 1.96. The van der Waals surface area contributed by atoms with E-state index in [4.69, 9.17) is 4.42 Å². The van der Waals surface area contributed by atoms with Gasteiger partial charge < -0.3 is 15.1 Å². The monoisotopic (exact) mass is 289 g/mol. The van der Waals surface area contributed by atoms with E-state index >= 15 is 0 Å². The first kappa shape index (κ1) is 15.2. The number of nitrogens with one attached hydrogen (secondary N) is 2. The van der Waals surface area contributed by atoms with E-state index in [2.05, 4.69) is 34.6 Å². The molecular weight excluding hydrogens is 266 g/mol. The van der Waals surface area contributed by atoms with Crippen molar-refractivity contribution in [1.82, 2.24) is 20.4 Å². The molecule has 0 aliphatic carbocycles. The van der Waals surface area contributed by atoms with E-state index in [1.54, 1.807) is 12.5 Å². The van der Waals surface area contributed by atoms with E-state index in [0.29, 0.717) is 12.5 Å². The van der Waals surface area contributed by atoms with E-state index in [1.807, 2.05) is 29.1 Å². The van der Waals surface area contributed by atoms with Gasteiger partial charge in [0.1, 0.15) is 12.3 Å². The van der Waals surface area contributed by atoms with Crippen LogP contribution in [0.3, 0.4) is 0 Å². The molecule has 0 aromatic carbocycles. The molecule has 0 amide bonds. The molecule has 2 heterocycles. The molecule has 0 spiro atoms. The van der Waals surface area contributed by atoms with Gasteiger partial charge in [0.25, 0.3) is 0 Å². The predicted octanol–water partition coefficient (Wildman–Crippen LogP) is 1.87. The SMILES string of the molecule is CCNC(=NCc1ccco1)NCC(C)Cn1cccn1. The Labute approximate surface area is 125 Å². The number of rotatable bonds is 7. The fraction of sp³-hybridized carbons (Fsp3) is 0.467. The van der Waals surface area contributed by atoms with Crippen molar-refractivity contribution in [3.8, 4) is 0 Å². The number of hydrogen-bond acceptors (Lipinski definition) is 3. The molecule has 0 bridgehead atoms. The first-order chi connectivity index (χ1) is 10.3. The van der Waals surface area contributed by atoms with Crippen LogP contribution < -0.4 is 10.6 Å². The molecule has 6 heteroatoms. The fourth-order valence-electron chi connectivity index (χ4n) is 1.96. The maximum Gasteiger partial charge on any atom is 0.191 e. The van der Waals surface area contributed by atoms with E-state index in [0.717, 1.165) is 31.4 Å². The van der Waals surface area contributed by atoms with E-state index in [9.17, 15) is 0 Å². The highest BCUT2D eigenvalue weighted by Crippen LogP contribution is 2.01. The summed E-state index contributed by atoms with van der Waals surface area (Å²) in [7, 11) is 0. The van der Waals surface area contributed by atoms with Crippen molar-refractivity contribution in [3.05, 3.63) is 42.6 Å². The zero-order valence-electron chi connectivity index (χ0n) is 12.6. The largest absolute Gasteiger partial charge is 0.467 e. The number of aliphatic imine (C=N–C) groups is 1. The number of aromatic nitrogens is 2. The molecule has 6 nitrogen and oxygen atoms in total. The highest BCUT2D eigenvalue weighted by atomic mass is 16.3. The van der Waals surface area contributed by atoms with Crippen molar-refractivity contribution in [2.24, 2.45) is 10.9 Å². The van der Waals surface area contributed by atoms with Gasteiger partial charge in [-0.15, -0.1) is 0 Å². The van der Waals surface area contributed by atoms with Crippen LogP contribution >= 0.6 is 0 Å². The average Bonchev–Trinajstić information content (AvgIpc) is 3.15. The summed E-state index contributed by atoms with van der Waals surface area (Å²) in [5, 5.41) is 10.8. The summed E-state index contributed by atoms with van der Waals surface area (Å²) >= 11 is 0. The minimum Gasteiger partial charge on any atom is -0.467 e. The smallest absolute Gasteiger partial charge is 0.191 e. The molecule has 0 saturated heterocycles. The lowest BCUT2D eigenvalue weighted by Crippen LogP contribution is -2.40. The summed E-state index contributed by atoms with van der Waals surface area (Å²) in [6.07, 6.45) is 5.44. The van der Waals surface area contributed by atoms with Crippen molar-refractivity contribution in [2.45, 2.75) is 26.9 Å². The minimum absolute atomic E-state index is 0.456. The lowest BCUT2D eigenvalue weighted by molar-refractivity contribution is 0.443. The third-order valence-corrected chi connectivity index (χ3v) is 2.99. The van der Waals surface area contributed by atoms with Crippen molar-refractivity contribution in [3.63, 3.8) is 0 Å². The van der Waals surface area contributed by atoms with E-state index in [-0.39, 0.29) is 0 Å². The summed E-state index contributed by atoms with van der Waals surface area (Å²) < 4.78 is 7.23. The van der Waals surface area contributed by atoms with Crippen LogP contribution in [0.25, 0.3) is 0 Å². The maximum absolute atomic E-state index is 5.28. The van der Waals surface area contributed by atoms with Gasteiger partial charge in [-0.1, -0.05) is 6.92 Å². The molecule has 1 unspecified atom stereocenters. The van der Waals surface area contributed by atoms with Crippen LogP contribution in [0.5, 0.6) is 0 Å². The van der Waals surface area contributed by atoms with Gasteiger partial charge in [-0.25, -0.2) is 4.99 Å². The third-order valence-electron chi connectivity index (χ3n) is 2.99. The molecule has 1 atom stereocenters. The van der Waals surface area contributed by atoms with Crippen LogP contribution in [0.4, 0.5) is 0 Å². The normalized spacial score (nSPS) is 13.1. The Balaban J connectivity index is 1.80. The topological polar surface area (TPSA) is 67.4 Å². The van der Waals surface area contributed by atoms with Gasteiger partial charge in [0, 0.05) is 32.0 Å². The Morgan fingerprint density at radius 3 is 3.00 bits per heavy atom. The summed E-state index contributed by atoms with van der Waals surface area (Å²) in [6, 6.07) is 5.74. The molecule has 0 fully saturated rings. The Morgan fingerprint density at radius 1 is 1.43 bits per heavy atom. The van der Waals surface area contributed by atoms with E-state index < -0.39 is 0 Å². The maximum atomic E-state index is 5.28. The molecule has 2 N–H and O–H groups in total. The quantitative estimate of drug-likeness (QED) is 0.603. The van der Waals surface area contributed by atoms with Crippen LogP contribution in [0.15, 0.2) is 46.3 Å². The molecule has 0 radical (unpaired) electrons. The number of hydrogen-bond donors (Lipinski definition) is 2. The Kier molecular flexibility index (Phi) is 5.87. The van der Waals surface area contributed by atoms with Crippen molar-refractivity contribution < 1.29 is 4.42 Å². The second kappa shape index (κ2) is 8.14. The van der Waals surface area contributed by atoms with Gasteiger partial charge in [-0.3, -0.25) is 4.68 Å². The lowest BCUT2D eigenvalue weighted by atomic mass is 10.2. The van der Waals surface area contributed by atoms with Gasteiger partial charge in [0.05, 0.1) is 6.26 Å². The lowest BCUT2D eigenvalue weighted by Gasteiger charge is -2.15. The van der Waals surface area contributed by atoms with Crippen LogP contribution in [0.1, 0.15) is 19.6 Å².